The summed E-state index contributed by atoms with van der Waals surface area (Å²) in [5.74, 6) is 0.143. The van der Waals surface area contributed by atoms with Gasteiger partial charge < -0.3 is 20.0 Å². The summed E-state index contributed by atoms with van der Waals surface area (Å²) in [5, 5.41) is 3.23. The van der Waals surface area contributed by atoms with E-state index >= 15 is 0 Å². The minimum atomic E-state index is 0.00110. The second-order valence-electron chi connectivity index (χ2n) is 10.1. The molecule has 3 rings (SSSR count). The smallest absolute Gasteiger partial charge is 0.220 e. The average molecular weight is 424 g/mol. The Morgan fingerprint density at radius 1 is 1.03 bits per heavy atom. The predicted molar refractivity (Wildman–Crippen MR) is 130 cm³/mol. The van der Waals surface area contributed by atoms with Gasteiger partial charge in [0.1, 0.15) is 6.04 Å². The molecule has 0 unspecified atom stereocenters. The molecule has 1 aliphatic rings. The molecule has 2 N–H and O–H groups in total. The molecule has 1 atom stereocenters. The number of amides is 1. The van der Waals surface area contributed by atoms with Crippen molar-refractivity contribution < 1.29 is 9.69 Å². The lowest BCUT2D eigenvalue weighted by Gasteiger charge is -2.38. The number of benzene rings is 2. The summed E-state index contributed by atoms with van der Waals surface area (Å²) >= 11 is 0. The van der Waals surface area contributed by atoms with Crippen LogP contribution in [0.15, 0.2) is 54.6 Å². The minimum Gasteiger partial charge on any atom is -0.378 e. The van der Waals surface area contributed by atoms with Gasteiger partial charge >= 0.3 is 0 Å². The molecule has 168 valence electrons. The number of hydrogen-bond acceptors (Lipinski definition) is 3. The molecule has 0 radical (unpaired) electrons. The lowest BCUT2D eigenvalue weighted by Crippen LogP contribution is -3.15. The van der Waals surface area contributed by atoms with Gasteiger partial charge in [-0.2, -0.15) is 0 Å². The lowest BCUT2D eigenvalue weighted by atomic mass is 9.92. The first-order valence-electron chi connectivity index (χ1n) is 11.4. The van der Waals surface area contributed by atoms with Crippen LogP contribution < -0.4 is 20.0 Å². The van der Waals surface area contributed by atoms with Gasteiger partial charge in [-0.05, 0) is 29.7 Å². The third-order valence-corrected chi connectivity index (χ3v) is 6.03. The second-order valence-corrected chi connectivity index (χ2v) is 10.1. The van der Waals surface area contributed by atoms with Crippen LogP contribution in [0.5, 0.6) is 0 Å². The van der Waals surface area contributed by atoms with Crippen LogP contribution in [-0.4, -0.2) is 52.7 Å². The normalized spacial score (nSPS) is 16.1. The monoisotopic (exact) mass is 423 g/mol. The van der Waals surface area contributed by atoms with E-state index in [1.807, 2.05) is 0 Å². The molecule has 0 spiro atoms. The minimum absolute atomic E-state index is 0.00110. The molecule has 5 heteroatoms. The summed E-state index contributed by atoms with van der Waals surface area (Å²) in [6.07, 6.45) is 0.552. The molecule has 2 aromatic carbocycles. The second kappa shape index (κ2) is 10.2. The van der Waals surface area contributed by atoms with E-state index < -0.39 is 0 Å². The van der Waals surface area contributed by atoms with Crippen molar-refractivity contribution in [1.82, 2.24) is 5.32 Å². The number of anilines is 2. The van der Waals surface area contributed by atoms with Crippen LogP contribution in [0.3, 0.4) is 0 Å². The Kier molecular flexibility index (Phi) is 7.60. The van der Waals surface area contributed by atoms with Crippen molar-refractivity contribution in [3.63, 3.8) is 0 Å². The predicted octanol–water partition coefficient (Wildman–Crippen LogP) is 2.75. The molecular formula is C26H39N4O+. The number of nitrogens with zero attached hydrogens (tertiary/aromatic N) is 2. The first-order valence-corrected chi connectivity index (χ1v) is 11.4. The zero-order valence-electron chi connectivity index (χ0n) is 19.8. The average Bonchev–Trinajstić information content (AvgIpc) is 2.74. The largest absolute Gasteiger partial charge is 0.378 e. The molecule has 1 aliphatic heterocycles. The van der Waals surface area contributed by atoms with Crippen molar-refractivity contribution in [1.29, 1.82) is 0 Å². The molecule has 2 aromatic rings. The third-order valence-electron chi connectivity index (χ3n) is 6.03. The van der Waals surface area contributed by atoms with E-state index in [0.29, 0.717) is 13.0 Å². The molecule has 1 amide bonds. The van der Waals surface area contributed by atoms with Crippen molar-refractivity contribution in [2.45, 2.75) is 33.2 Å². The topological polar surface area (TPSA) is 40.0 Å². The van der Waals surface area contributed by atoms with Gasteiger partial charge in [0.05, 0.1) is 32.7 Å². The Balaban J connectivity index is 1.70. The molecule has 1 saturated heterocycles. The van der Waals surface area contributed by atoms with Gasteiger partial charge in [-0.25, -0.2) is 0 Å². The summed E-state index contributed by atoms with van der Waals surface area (Å²) in [6, 6.07) is 19.7. The quantitative estimate of drug-likeness (QED) is 0.719. The van der Waals surface area contributed by atoms with E-state index in [1.54, 1.807) is 4.90 Å². The molecule has 0 aromatic heterocycles. The van der Waals surface area contributed by atoms with Gasteiger partial charge in [-0.1, -0.05) is 51.1 Å². The van der Waals surface area contributed by atoms with Gasteiger partial charge in [0.15, 0.2) is 0 Å². The Hall–Kier alpha value is -2.53. The fourth-order valence-electron chi connectivity index (χ4n) is 4.30. The lowest BCUT2D eigenvalue weighted by molar-refractivity contribution is -0.931. The van der Waals surface area contributed by atoms with E-state index in [0.717, 1.165) is 26.2 Å². The van der Waals surface area contributed by atoms with Gasteiger partial charge in [-0.3, -0.25) is 4.79 Å². The first kappa shape index (κ1) is 23.1. The zero-order chi connectivity index (χ0) is 22.4. The van der Waals surface area contributed by atoms with Gasteiger partial charge in [0.25, 0.3) is 0 Å². The highest BCUT2D eigenvalue weighted by molar-refractivity contribution is 5.76. The summed E-state index contributed by atoms with van der Waals surface area (Å²) in [5.41, 5.74) is 3.79. The number of para-hydroxylation sites is 1. The first-order chi connectivity index (χ1) is 14.7. The van der Waals surface area contributed by atoms with Crippen LogP contribution in [0.25, 0.3) is 0 Å². The van der Waals surface area contributed by atoms with Crippen LogP contribution >= 0.6 is 0 Å². The number of quaternary nitrogens is 1. The Morgan fingerprint density at radius 3 is 2.19 bits per heavy atom. The fraction of sp³-hybridized carbons (Fsp3) is 0.500. The van der Waals surface area contributed by atoms with Crippen LogP contribution in [-0.2, 0) is 4.79 Å². The molecular weight excluding hydrogens is 384 g/mol. The highest BCUT2D eigenvalue weighted by Crippen LogP contribution is 2.20. The van der Waals surface area contributed by atoms with Crippen LogP contribution in [0.4, 0.5) is 11.4 Å². The molecule has 0 aliphatic carbocycles. The summed E-state index contributed by atoms with van der Waals surface area (Å²) < 4.78 is 0. The van der Waals surface area contributed by atoms with E-state index in [9.17, 15) is 4.79 Å². The number of rotatable bonds is 7. The molecule has 31 heavy (non-hydrogen) atoms. The molecule has 1 fully saturated rings. The number of hydrogen-bond donors (Lipinski definition) is 2. The standard InChI is InChI=1S/C26H38N4O/c1-26(2,3)19-25(31)27-20-24(21-11-13-22(14-12-21)28(4)5)30-17-15-29(16-18-30)23-9-7-6-8-10-23/h6-14,24H,15-20H2,1-5H3,(H,27,31)/p+1/t24-/m1/s1. The summed E-state index contributed by atoms with van der Waals surface area (Å²) in [7, 11) is 4.13. The highest BCUT2D eigenvalue weighted by Gasteiger charge is 2.29. The van der Waals surface area contributed by atoms with Crippen molar-refractivity contribution in [2.75, 3.05) is 56.6 Å². The maximum atomic E-state index is 12.5. The summed E-state index contributed by atoms with van der Waals surface area (Å²) in [6.45, 7) is 11.2. The Labute approximate surface area is 188 Å². The Bertz CT molecular complexity index is 819. The maximum absolute atomic E-state index is 12.5. The molecule has 1 heterocycles. The van der Waals surface area contributed by atoms with Crippen LogP contribution in [0.1, 0.15) is 38.8 Å². The fourth-order valence-corrected chi connectivity index (χ4v) is 4.30. The molecule has 5 nitrogen and oxygen atoms in total. The number of carbonyl (C=O) groups is 1. The van der Waals surface area contributed by atoms with E-state index in [-0.39, 0.29) is 17.4 Å². The van der Waals surface area contributed by atoms with Crippen LogP contribution in [0.2, 0.25) is 0 Å². The van der Waals surface area contributed by atoms with Crippen LogP contribution in [0, 0.1) is 5.41 Å². The third kappa shape index (κ3) is 6.73. The van der Waals surface area contributed by atoms with Gasteiger partial charge in [0.2, 0.25) is 5.91 Å². The Morgan fingerprint density at radius 2 is 1.65 bits per heavy atom. The van der Waals surface area contributed by atoms with Gasteiger partial charge in [0, 0.05) is 37.5 Å². The van der Waals surface area contributed by atoms with E-state index in [1.165, 1.54) is 16.9 Å². The van der Waals surface area contributed by atoms with Crippen molar-refractivity contribution in [2.24, 2.45) is 5.41 Å². The van der Waals surface area contributed by atoms with Crippen molar-refractivity contribution >= 4 is 17.3 Å². The number of carbonyl (C=O) groups excluding carboxylic acids is 1. The zero-order valence-corrected chi connectivity index (χ0v) is 19.8. The highest BCUT2D eigenvalue weighted by atomic mass is 16.1. The molecule has 0 bridgehead atoms. The summed E-state index contributed by atoms with van der Waals surface area (Å²) in [4.78, 5) is 18.7. The van der Waals surface area contributed by atoms with Gasteiger partial charge in [-0.15, -0.1) is 0 Å². The molecule has 0 saturated carbocycles. The van der Waals surface area contributed by atoms with Crippen molar-refractivity contribution in [3.8, 4) is 0 Å². The SMILES string of the molecule is CN(C)c1ccc([C@@H](CNC(=O)CC(C)(C)C)[NH+]2CCN(c3ccccc3)CC2)cc1. The van der Waals surface area contributed by atoms with E-state index in [2.05, 4.69) is 105 Å². The maximum Gasteiger partial charge on any atom is 0.220 e. The number of nitrogens with one attached hydrogen (secondary N) is 2. The van der Waals surface area contributed by atoms with Crippen molar-refractivity contribution in [3.05, 3.63) is 60.2 Å². The van der Waals surface area contributed by atoms with E-state index in [4.69, 9.17) is 0 Å². The number of piperazine rings is 1.